The lowest BCUT2D eigenvalue weighted by molar-refractivity contribution is -0.245. The van der Waals surface area contributed by atoms with Crippen LogP contribution in [0.1, 0.15) is 66.8 Å². The van der Waals surface area contributed by atoms with E-state index in [1.54, 1.807) is 11.8 Å². The van der Waals surface area contributed by atoms with Crippen molar-refractivity contribution < 1.29 is 34.4 Å². The highest BCUT2D eigenvalue weighted by molar-refractivity contribution is 7.99. The van der Waals surface area contributed by atoms with Crippen LogP contribution in [0.3, 0.4) is 0 Å². The highest BCUT2D eigenvalue weighted by Crippen LogP contribution is 2.38. The number of ether oxygens (including phenoxy) is 2. The van der Waals surface area contributed by atoms with Crippen LogP contribution in [0, 0.1) is 0 Å². The smallest absolute Gasteiger partial charge is 0.303 e. The Labute approximate surface area is 216 Å². The molecule has 1 heterocycles. The van der Waals surface area contributed by atoms with Gasteiger partial charge in [-0.25, -0.2) is 0 Å². The van der Waals surface area contributed by atoms with E-state index in [1.165, 1.54) is 0 Å². The maximum absolute atomic E-state index is 12.0. The topological polar surface area (TPSA) is 125 Å². The molecular formula is C27H35NO7S. The second-order valence-electron chi connectivity index (χ2n) is 8.77. The number of hydrogen-bond acceptors (Lipinski definition) is 7. The molecule has 9 heteroatoms. The number of aliphatic hydroxyl groups excluding tert-OH is 2. The Morgan fingerprint density at radius 3 is 2.25 bits per heavy atom. The molecule has 8 nitrogen and oxygen atoms in total. The Kier molecular flexibility index (Phi) is 11.7. The molecule has 3 atom stereocenters. The summed E-state index contributed by atoms with van der Waals surface area (Å²) in [6.07, 6.45) is 1.39. The fourth-order valence-corrected chi connectivity index (χ4v) is 4.72. The normalized spacial score (nSPS) is 19.7. The summed E-state index contributed by atoms with van der Waals surface area (Å²) in [6.45, 7) is 0.518. The first-order valence-corrected chi connectivity index (χ1v) is 13.4. The molecule has 36 heavy (non-hydrogen) atoms. The predicted molar refractivity (Wildman–Crippen MR) is 137 cm³/mol. The maximum atomic E-state index is 12.0. The summed E-state index contributed by atoms with van der Waals surface area (Å²) >= 11 is 1.65. The molecule has 1 aliphatic heterocycles. The molecular weight excluding hydrogens is 482 g/mol. The van der Waals surface area contributed by atoms with Crippen molar-refractivity contribution in [2.24, 2.45) is 0 Å². The molecule has 196 valence electrons. The number of aliphatic carboxylic acids is 1. The van der Waals surface area contributed by atoms with E-state index in [2.05, 4.69) is 5.32 Å². The van der Waals surface area contributed by atoms with Gasteiger partial charge in [-0.15, -0.1) is 0 Å². The van der Waals surface area contributed by atoms with Gasteiger partial charge in [0.25, 0.3) is 0 Å². The first-order valence-electron chi connectivity index (χ1n) is 12.2. The zero-order chi connectivity index (χ0) is 25.8. The summed E-state index contributed by atoms with van der Waals surface area (Å²) < 4.78 is 12.6. The van der Waals surface area contributed by atoms with Crippen LogP contribution in [0.25, 0.3) is 0 Å². The van der Waals surface area contributed by atoms with Crippen LogP contribution in [0.5, 0.6) is 0 Å². The van der Waals surface area contributed by atoms with Crippen molar-refractivity contribution in [3.63, 3.8) is 0 Å². The van der Waals surface area contributed by atoms with Gasteiger partial charge in [-0.05, 0) is 29.5 Å². The van der Waals surface area contributed by atoms with E-state index in [1.807, 2.05) is 48.5 Å². The number of hydrogen-bond donors (Lipinski definition) is 4. The van der Waals surface area contributed by atoms with Crippen LogP contribution in [-0.4, -0.2) is 51.4 Å². The lowest BCUT2D eigenvalue weighted by Gasteiger charge is -2.36. The van der Waals surface area contributed by atoms with Crippen molar-refractivity contribution in [1.29, 1.82) is 0 Å². The number of carbonyl (C=O) groups excluding carboxylic acids is 1. The highest BCUT2D eigenvalue weighted by Gasteiger charge is 2.32. The Morgan fingerprint density at radius 2 is 1.58 bits per heavy atom. The summed E-state index contributed by atoms with van der Waals surface area (Å²) in [7, 11) is 0. The molecule has 1 aliphatic rings. The third-order valence-electron chi connectivity index (χ3n) is 5.94. The van der Waals surface area contributed by atoms with Crippen molar-refractivity contribution in [2.45, 2.75) is 63.8 Å². The van der Waals surface area contributed by atoms with Gasteiger partial charge in [-0.3, -0.25) is 9.59 Å². The van der Waals surface area contributed by atoms with E-state index >= 15 is 0 Å². The SMILES string of the molecule is O=C(O)CCCCC(=O)NCc1ccc([C@H]2O[C@@H](CSCCO)C[C@@H](c3ccc(CO)cc3)O2)cc1. The summed E-state index contributed by atoms with van der Waals surface area (Å²) in [6, 6.07) is 15.5. The zero-order valence-electron chi connectivity index (χ0n) is 20.3. The van der Waals surface area contributed by atoms with Crippen LogP contribution < -0.4 is 5.32 Å². The monoisotopic (exact) mass is 517 g/mol. The number of aliphatic hydroxyl groups is 2. The number of carbonyl (C=O) groups is 2. The molecule has 1 amide bonds. The fraction of sp³-hybridized carbons (Fsp3) is 0.481. The number of carboxylic acid groups (broad SMARTS) is 1. The second kappa shape index (κ2) is 15.0. The van der Waals surface area contributed by atoms with E-state index in [4.69, 9.17) is 19.7 Å². The Balaban J connectivity index is 1.58. The molecule has 4 N–H and O–H groups in total. The van der Waals surface area contributed by atoms with Crippen molar-refractivity contribution in [3.8, 4) is 0 Å². The summed E-state index contributed by atoms with van der Waals surface area (Å²) in [5.41, 5.74) is 3.70. The zero-order valence-corrected chi connectivity index (χ0v) is 21.1. The van der Waals surface area contributed by atoms with E-state index in [-0.39, 0.29) is 37.7 Å². The second-order valence-corrected chi connectivity index (χ2v) is 9.92. The van der Waals surface area contributed by atoms with Crippen LogP contribution in [0.4, 0.5) is 0 Å². The Bertz CT molecular complexity index is 952. The number of thioether (sulfide) groups is 1. The van der Waals surface area contributed by atoms with E-state index in [9.17, 15) is 14.7 Å². The van der Waals surface area contributed by atoms with Gasteiger partial charge in [-0.2, -0.15) is 11.8 Å². The molecule has 2 aromatic rings. The quantitative estimate of drug-likeness (QED) is 0.280. The largest absolute Gasteiger partial charge is 0.481 e. The van der Waals surface area contributed by atoms with Crippen LogP contribution in [-0.2, 0) is 32.2 Å². The molecule has 2 aromatic carbocycles. The Morgan fingerprint density at radius 1 is 0.917 bits per heavy atom. The fourth-order valence-electron chi connectivity index (χ4n) is 3.95. The number of benzene rings is 2. The average Bonchev–Trinajstić information content (AvgIpc) is 2.90. The predicted octanol–water partition coefficient (Wildman–Crippen LogP) is 3.71. The third kappa shape index (κ3) is 9.22. The van der Waals surface area contributed by atoms with Gasteiger partial charge in [0.05, 0.1) is 25.4 Å². The van der Waals surface area contributed by atoms with Crippen LogP contribution in [0.15, 0.2) is 48.5 Å². The number of rotatable bonds is 14. The number of nitrogens with one attached hydrogen (secondary N) is 1. The molecule has 0 unspecified atom stereocenters. The van der Waals surface area contributed by atoms with Gasteiger partial charge in [0.15, 0.2) is 6.29 Å². The van der Waals surface area contributed by atoms with Crippen molar-refractivity contribution in [3.05, 3.63) is 70.8 Å². The molecule has 3 rings (SSSR count). The lowest BCUT2D eigenvalue weighted by Crippen LogP contribution is -2.31. The maximum Gasteiger partial charge on any atom is 0.303 e. The van der Waals surface area contributed by atoms with Gasteiger partial charge < -0.3 is 30.1 Å². The molecule has 1 fully saturated rings. The summed E-state index contributed by atoms with van der Waals surface area (Å²) in [5.74, 6) is 0.466. The minimum absolute atomic E-state index is 0.00447. The molecule has 0 aliphatic carbocycles. The first kappa shape index (κ1) is 28.1. The summed E-state index contributed by atoms with van der Waals surface area (Å²) in [5, 5.41) is 30.0. The third-order valence-corrected chi connectivity index (χ3v) is 7.02. The minimum atomic E-state index is -0.845. The molecule has 0 spiro atoms. The van der Waals surface area contributed by atoms with Gasteiger partial charge in [0, 0.05) is 42.9 Å². The molecule has 0 bridgehead atoms. The van der Waals surface area contributed by atoms with Crippen molar-refractivity contribution in [2.75, 3.05) is 18.1 Å². The number of carboxylic acids is 1. The molecule has 0 radical (unpaired) electrons. The van der Waals surface area contributed by atoms with E-state index in [0.29, 0.717) is 38.0 Å². The first-order chi connectivity index (χ1) is 17.5. The minimum Gasteiger partial charge on any atom is -0.481 e. The standard InChI is InChI=1S/C27H35NO7S/c29-13-14-36-18-23-15-24(21-9-7-20(17-30)8-10-21)35-27(34-23)22-11-5-19(6-12-22)16-28-25(31)3-1-2-4-26(32)33/h5-12,23-24,27,29-30H,1-4,13-18H2,(H,28,31)(H,32,33)/t23-,24+,27+/m1/s1. The van der Waals surface area contributed by atoms with Crippen LogP contribution in [0.2, 0.25) is 0 Å². The number of amides is 1. The van der Waals surface area contributed by atoms with Crippen LogP contribution >= 0.6 is 11.8 Å². The molecule has 0 aromatic heterocycles. The van der Waals surface area contributed by atoms with Crippen molar-refractivity contribution in [1.82, 2.24) is 5.32 Å². The van der Waals surface area contributed by atoms with Gasteiger partial charge in [0.1, 0.15) is 0 Å². The van der Waals surface area contributed by atoms with Gasteiger partial charge in [0.2, 0.25) is 5.91 Å². The number of unbranched alkanes of at least 4 members (excludes halogenated alkanes) is 1. The molecule has 1 saturated heterocycles. The molecule has 0 saturated carbocycles. The average molecular weight is 518 g/mol. The van der Waals surface area contributed by atoms with Gasteiger partial charge >= 0.3 is 5.97 Å². The van der Waals surface area contributed by atoms with E-state index in [0.717, 1.165) is 28.0 Å². The Hall–Kier alpha value is -2.43. The van der Waals surface area contributed by atoms with Gasteiger partial charge in [-0.1, -0.05) is 48.5 Å². The van der Waals surface area contributed by atoms with E-state index < -0.39 is 12.3 Å². The van der Waals surface area contributed by atoms with Crippen molar-refractivity contribution >= 4 is 23.6 Å². The highest BCUT2D eigenvalue weighted by atomic mass is 32.2. The summed E-state index contributed by atoms with van der Waals surface area (Å²) in [4.78, 5) is 22.6. The lowest BCUT2D eigenvalue weighted by atomic mass is 10.0.